The van der Waals surface area contributed by atoms with Crippen LogP contribution >= 0.6 is 0 Å². The Hall–Kier alpha value is -4.59. The third-order valence-corrected chi connectivity index (χ3v) is 7.46. The molecule has 2 aromatic heterocycles. The van der Waals surface area contributed by atoms with Crippen LogP contribution in [0.2, 0.25) is 0 Å². The van der Waals surface area contributed by atoms with Crippen molar-refractivity contribution in [3.05, 3.63) is 96.3 Å². The molecule has 0 saturated heterocycles. The Morgan fingerprint density at radius 1 is 0.952 bits per heavy atom. The second-order valence-electron chi connectivity index (χ2n) is 10.6. The zero-order valence-corrected chi connectivity index (χ0v) is 24.3. The van der Waals surface area contributed by atoms with Gasteiger partial charge in [0.25, 0.3) is 0 Å². The lowest BCUT2D eigenvalue weighted by Gasteiger charge is -2.14. The molecule has 218 valence electrons. The van der Waals surface area contributed by atoms with E-state index < -0.39 is 6.16 Å². The van der Waals surface area contributed by atoms with Crippen molar-refractivity contribution in [1.29, 1.82) is 0 Å². The van der Waals surface area contributed by atoms with E-state index in [1.54, 1.807) is 12.1 Å². The summed E-state index contributed by atoms with van der Waals surface area (Å²) in [6, 6.07) is 19.5. The van der Waals surface area contributed by atoms with Crippen LogP contribution in [0.4, 0.5) is 4.79 Å². The minimum atomic E-state index is -1.33. The van der Waals surface area contributed by atoms with Gasteiger partial charge in [-0.1, -0.05) is 61.9 Å². The fourth-order valence-electron chi connectivity index (χ4n) is 5.23. The van der Waals surface area contributed by atoms with Crippen LogP contribution in [0.15, 0.2) is 79.4 Å². The number of imidazole rings is 2. The Kier molecular flexibility index (Phi) is 9.54. The first-order valence-corrected chi connectivity index (χ1v) is 14.7. The Morgan fingerprint density at radius 3 is 2.55 bits per heavy atom. The average molecular weight is 567 g/mol. The maximum Gasteiger partial charge on any atom is 0.511 e. The maximum absolute atomic E-state index is 11.2. The molecule has 2 heterocycles. The number of rotatable bonds is 14. The zero-order chi connectivity index (χ0) is 29.3. The van der Waals surface area contributed by atoms with Crippen molar-refractivity contribution in [2.75, 3.05) is 6.61 Å². The SMILES string of the molecule is CCCCc1nc2c(C)ccc(OCCCCCn3ccnc3)c2n1Cc1ccc(-c2ccccc2OC(=O)O)cc1. The Bertz CT molecular complexity index is 1610. The maximum atomic E-state index is 11.2. The molecule has 0 radical (unpaired) electrons. The summed E-state index contributed by atoms with van der Waals surface area (Å²) in [5.74, 6) is 2.26. The van der Waals surface area contributed by atoms with E-state index in [0.29, 0.717) is 18.9 Å². The van der Waals surface area contributed by atoms with Crippen LogP contribution in [0.5, 0.6) is 11.5 Å². The van der Waals surface area contributed by atoms with E-state index in [1.165, 1.54) is 0 Å². The highest BCUT2D eigenvalue weighted by Gasteiger charge is 2.18. The molecule has 3 aromatic carbocycles. The van der Waals surface area contributed by atoms with E-state index in [4.69, 9.17) is 19.6 Å². The molecular weight excluding hydrogens is 528 g/mol. The lowest BCUT2D eigenvalue weighted by Crippen LogP contribution is -2.07. The van der Waals surface area contributed by atoms with Gasteiger partial charge in [0.15, 0.2) is 0 Å². The van der Waals surface area contributed by atoms with Gasteiger partial charge in [0.1, 0.15) is 22.8 Å². The lowest BCUT2D eigenvalue weighted by molar-refractivity contribution is 0.144. The standard InChI is InChI=1S/C34H38N4O4/c1-3-4-12-31-36-32-25(2)13-18-30(41-22-9-5-8-20-37-21-19-35-24-37)33(32)38(31)23-26-14-16-27(17-15-26)28-10-6-7-11-29(28)42-34(39)40/h6-7,10-11,13-19,21,24H,3-5,8-9,12,20,22-23H2,1-2H3,(H,39,40). The van der Waals surface area contributed by atoms with Gasteiger partial charge in [-0.15, -0.1) is 0 Å². The minimum absolute atomic E-state index is 0.319. The van der Waals surface area contributed by atoms with Gasteiger partial charge in [-0.2, -0.15) is 0 Å². The third kappa shape index (κ3) is 7.00. The molecule has 0 amide bonds. The van der Waals surface area contributed by atoms with Gasteiger partial charge in [-0.3, -0.25) is 0 Å². The van der Waals surface area contributed by atoms with Gasteiger partial charge in [0.05, 0.1) is 18.5 Å². The summed E-state index contributed by atoms with van der Waals surface area (Å²) >= 11 is 0. The first kappa shape index (κ1) is 28.9. The van der Waals surface area contributed by atoms with Crippen molar-refractivity contribution >= 4 is 17.2 Å². The van der Waals surface area contributed by atoms with Crippen LogP contribution < -0.4 is 9.47 Å². The van der Waals surface area contributed by atoms with Crippen molar-refractivity contribution in [3.63, 3.8) is 0 Å². The molecule has 0 aliphatic carbocycles. The molecule has 0 aliphatic heterocycles. The van der Waals surface area contributed by atoms with Crippen molar-refractivity contribution in [3.8, 4) is 22.6 Å². The molecule has 8 heteroatoms. The molecular formula is C34H38N4O4. The van der Waals surface area contributed by atoms with E-state index in [2.05, 4.69) is 52.2 Å². The van der Waals surface area contributed by atoms with Crippen molar-refractivity contribution < 1.29 is 19.4 Å². The second-order valence-corrected chi connectivity index (χ2v) is 10.6. The highest BCUT2D eigenvalue weighted by molar-refractivity contribution is 5.86. The summed E-state index contributed by atoms with van der Waals surface area (Å²) in [4.78, 5) is 20.4. The number of carboxylic acid groups (broad SMARTS) is 1. The summed E-state index contributed by atoms with van der Waals surface area (Å²) < 4.78 is 15.8. The number of benzene rings is 3. The number of hydrogen-bond donors (Lipinski definition) is 1. The highest BCUT2D eigenvalue weighted by atomic mass is 16.7. The fourth-order valence-corrected chi connectivity index (χ4v) is 5.23. The van der Waals surface area contributed by atoms with Gasteiger partial charge in [0, 0.05) is 37.5 Å². The first-order valence-electron chi connectivity index (χ1n) is 14.7. The molecule has 1 N–H and O–H groups in total. The van der Waals surface area contributed by atoms with Crippen molar-refractivity contribution in [2.45, 2.75) is 65.5 Å². The van der Waals surface area contributed by atoms with E-state index in [1.807, 2.05) is 43.0 Å². The van der Waals surface area contributed by atoms with E-state index in [0.717, 1.165) is 89.9 Å². The van der Waals surface area contributed by atoms with E-state index in [9.17, 15) is 4.79 Å². The molecule has 8 nitrogen and oxygen atoms in total. The lowest BCUT2D eigenvalue weighted by atomic mass is 10.0. The molecule has 0 unspecified atom stereocenters. The van der Waals surface area contributed by atoms with Gasteiger partial charge < -0.3 is 23.7 Å². The summed E-state index contributed by atoms with van der Waals surface area (Å²) in [7, 11) is 0. The summed E-state index contributed by atoms with van der Waals surface area (Å²) in [6.45, 7) is 6.59. The zero-order valence-electron chi connectivity index (χ0n) is 24.3. The highest BCUT2D eigenvalue weighted by Crippen LogP contribution is 2.33. The number of unbranched alkanes of at least 4 members (excludes halogenated alkanes) is 3. The minimum Gasteiger partial charge on any atom is -0.491 e. The van der Waals surface area contributed by atoms with E-state index >= 15 is 0 Å². The topological polar surface area (TPSA) is 91.4 Å². The third-order valence-electron chi connectivity index (χ3n) is 7.46. The number of aromatic nitrogens is 4. The quantitative estimate of drug-likeness (QED) is 0.0834. The largest absolute Gasteiger partial charge is 0.511 e. The first-order chi connectivity index (χ1) is 20.5. The van der Waals surface area contributed by atoms with Crippen LogP contribution in [-0.4, -0.2) is 37.0 Å². The summed E-state index contributed by atoms with van der Waals surface area (Å²) in [5, 5.41) is 9.13. The average Bonchev–Trinajstić information content (AvgIpc) is 3.64. The predicted octanol–water partition coefficient (Wildman–Crippen LogP) is 7.91. The molecule has 5 rings (SSSR count). The molecule has 0 saturated carbocycles. The number of nitrogens with zero attached hydrogens (tertiary/aromatic N) is 4. The van der Waals surface area contributed by atoms with Crippen LogP contribution in [0.3, 0.4) is 0 Å². The van der Waals surface area contributed by atoms with Crippen LogP contribution in [-0.2, 0) is 19.5 Å². The fraction of sp³-hybridized carbons (Fsp3) is 0.324. The van der Waals surface area contributed by atoms with Crippen molar-refractivity contribution in [2.24, 2.45) is 0 Å². The predicted molar refractivity (Wildman–Crippen MR) is 164 cm³/mol. The Balaban J connectivity index is 1.36. The summed E-state index contributed by atoms with van der Waals surface area (Å²) in [5.41, 5.74) is 5.93. The Morgan fingerprint density at radius 2 is 1.79 bits per heavy atom. The van der Waals surface area contributed by atoms with E-state index in [-0.39, 0.29) is 0 Å². The molecule has 42 heavy (non-hydrogen) atoms. The monoisotopic (exact) mass is 566 g/mol. The molecule has 0 fully saturated rings. The van der Waals surface area contributed by atoms with Crippen LogP contribution in [0.1, 0.15) is 56.0 Å². The Labute approximate surface area is 246 Å². The number of aryl methyl sites for hydroxylation is 3. The number of ether oxygens (including phenoxy) is 2. The van der Waals surface area contributed by atoms with Gasteiger partial charge in [-0.05, 0) is 61.4 Å². The normalized spacial score (nSPS) is 11.2. The number of hydrogen-bond acceptors (Lipinski definition) is 5. The van der Waals surface area contributed by atoms with Crippen LogP contribution in [0.25, 0.3) is 22.2 Å². The van der Waals surface area contributed by atoms with Gasteiger partial charge in [0.2, 0.25) is 0 Å². The molecule has 0 atom stereocenters. The smallest absolute Gasteiger partial charge is 0.491 e. The molecule has 0 aliphatic rings. The van der Waals surface area contributed by atoms with Crippen LogP contribution in [0, 0.1) is 6.92 Å². The van der Waals surface area contributed by atoms with Gasteiger partial charge >= 0.3 is 6.16 Å². The molecule has 0 spiro atoms. The number of para-hydroxylation sites is 1. The summed E-state index contributed by atoms with van der Waals surface area (Å²) in [6.07, 6.45) is 10.6. The molecule has 0 bridgehead atoms. The number of carbonyl (C=O) groups is 1. The van der Waals surface area contributed by atoms with Crippen molar-refractivity contribution in [1.82, 2.24) is 19.1 Å². The number of fused-ring (bicyclic) bond motifs is 1. The second kappa shape index (κ2) is 13.9. The molecule has 5 aromatic rings. The van der Waals surface area contributed by atoms with Gasteiger partial charge in [-0.25, -0.2) is 14.8 Å².